The van der Waals surface area contributed by atoms with Crippen molar-refractivity contribution in [1.82, 2.24) is 4.90 Å². The van der Waals surface area contributed by atoms with Gasteiger partial charge in [-0.2, -0.15) is 0 Å². The van der Waals surface area contributed by atoms with Crippen LogP contribution in [0.15, 0.2) is 52.3 Å². The maximum Gasteiger partial charge on any atom is 0.303 e. The Labute approximate surface area is 161 Å². The minimum Gasteiger partial charge on any atom is -0.504 e. The molecule has 0 saturated carbocycles. The molecule has 146 valence electrons. The second-order valence-electron chi connectivity index (χ2n) is 5.89. The topological polar surface area (TPSA) is 118 Å². The highest BCUT2D eigenvalue weighted by Gasteiger charge is 2.07. The third-order valence-corrected chi connectivity index (χ3v) is 4.29. The second-order valence-corrected chi connectivity index (χ2v) is 7.00. The zero-order valence-electron chi connectivity index (χ0n) is 15.1. The molecule has 0 aliphatic heterocycles. The Morgan fingerprint density at radius 3 is 2.04 bits per heavy atom. The average Bonchev–Trinajstić information content (AvgIpc) is 2.58. The summed E-state index contributed by atoms with van der Waals surface area (Å²) >= 11 is 1.58. The van der Waals surface area contributed by atoms with E-state index in [1.165, 1.54) is 11.6 Å². The van der Waals surface area contributed by atoms with E-state index in [0.717, 1.165) is 16.3 Å². The molecule has 0 fully saturated rings. The van der Waals surface area contributed by atoms with Gasteiger partial charge in [0.2, 0.25) is 0 Å². The maximum atomic E-state index is 9.64. The lowest BCUT2D eigenvalue weighted by atomic mass is 10.2. The van der Waals surface area contributed by atoms with Crippen molar-refractivity contribution in [3.63, 3.8) is 0 Å². The minimum atomic E-state index is -1.08. The Bertz CT molecular complexity index is 765. The van der Waals surface area contributed by atoms with Gasteiger partial charge >= 0.3 is 11.9 Å². The van der Waals surface area contributed by atoms with Crippen LogP contribution in [0.1, 0.15) is 18.4 Å². The van der Waals surface area contributed by atoms with Crippen LogP contribution < -0.4 is 0 Å². The van der Waals surface area contributed by atoms with E-state index in [1.807, 2.05) is 26.2 Å². The van der Waals surface area contributed by atoms with E-state index in [-0.39, 0.29) is 24.3 Å². The predicted octanol–water partition coefficient (Wildman–Crippen LogP) is 3.25. The van der Waals surface area contributed by atoms with Gasteiger partial charge < -0.3 is 25.3 Å². The van der Waals surface area contributed by atoms with Crippen LogP contribution in [0.5, 0.6) is 11.5 Å². The summed E-state index contributed by atoms with van der Waals surface area (Å²) < 4.78 is 0. The van der Waals surface area contributed by atoms with Gasteiger partial charge in [-0.05, 0) is 43.9 Å². The predicted molar refractivity (Wildman–Crippen MR) is 102 cm³/mol. The smallest absolute Gasteiger partial charge is 0.303 e. The molecule has 27 heavy (non-hydrogen) atoms. The maximum absolute atomic E-state index is 9.64. The molecule has 0 heterocycles. The number of rotatable bonds is 7. The van der Waals surface area contributed by atoms with Crippen molar-refractivity contribution in [3.8, 4) is 11.5 Å². The standard InChI is InChI=1S/C15H17NO2S.C4H6O4/c1-16(2)10-11-5-3-4-6-15(11)19-12-7-8-13(17)14(18)9-12;5-3(6)1-2-4(7)8/h3-9,17-18H,10H2,1-2H3;1-2H2,(H,5,6)(H,7,8). The molecule has 2 aromatic carbocycles. The summed E-state index contributed by atoms with van der Waals surface area (Å²) in [4.78, 5) is 23.5. The molecular weight excluding hydrogens is 370 g/mol. The van der Waals surface area contributed by atoms with Gasteiger partial charge in [0.05, 0.1) is 12.8 Å². The zero-order chi connectivity index (χ0) is 20.4. The van der Waals surface area contributed by atoms with Crippen molar-refractivity contribution in [2.24, 2.45) is 0 Å². The Morgan fingerprint density at radius 2 is 1.52 bits per heavy atom. The van der Waals surface area contributed by atoms with Crippen molar-refractivity contribution in [2.75, 3.05) is 14.1 Å². The van der Waals surface area contributed by atoms with Gasteiger partial charge in [-0.3, -0.25) is 9.59 Å². The molecule has 0 aromatic heterocycles. The zero-order valence-corrected chi connectivity index (χ0v) is 15.9. The van der Waals surface area contributed by atoms with Crippen molar-refractivity contribution in [1.29, 1.82) is 0 Å². The molecule has 2 aromatic rings. The average molecular weight is 393 g/mol. The molecule has 0 atom stereocenters. The molecule has 0 amide bonds. The van der Waals surface area contributed by atoms with Crippen LogP contribution >= 0.6 is 11.8 Å². The van der Waals surface area contributed by atoms with Crippen LogP contribution in [0, 0.1) is 0 Å². The number of phenols is 2. The largest absolute Gasteiger partial charge is 0.504 e. The van der Waals surface area contributed by atoms with Crippen LogP contribution in [-0.4, -0.2) is 51.4 Å². The monoisotopic (exact) mass is 393 g/mol. The Hall–Kier alpha value is -2.71. The van der Waals surface area contributed by atoms with Crippen LogP contribution in [0.3, 0.4) is 0 Å². The van der Waals surface area contributed by atoms with Gasteiger partial charge in [0.1, 0.15) is 0 Å². The third-order valence-electron chi connectivity index (χ3n) is 3.19. The first-order valence-corrected chi connectivity index (χ1v) is 8.86. The highest BCUT2D eigenvalue weighted by atomic mass is 32.2. The summed E-state index contributed by atoms with van der Waals surface area (Å²) in [6, 6.07) is 13.1. The first kappa shape index (κ1) is 22.3. The third kappa shape index (κ3) is 8.98. The Morgan fingerprint density at radius 1 is 0.926 bits per heavy atom. The quantitative estimate of drug-likeness (QED) is 0.530. The fraction of sp³-hybridized carbons (Fsp3) is 0.263. The number of carbonyl (C=O) groups is 2. The molecule has 0 saturated heterocycles. The highest BCUT2D eigenvalue weighted by Crippen LogP contribution is 2.35. The lowest BCUT2D eigenvalue weighted by Crippen LogP contribution is -2.11. The lowest BCUT2D eigenvalue weighted by Gasteiger charge is -2.13. The molecule has 0 aliphatic rings. The second kappa shape index (κ2) is 11.1. The summed E-state index contributed by atoms with van der Waals surface area (Å²) in [6.45, 7) is 0.868. The summed E-state index contributed by atoms with van der Waals surface area (Å²) in [6.07, 6.45) is -0.593. The summed E-state index contributed by atoms with van der Waals surface area (Å²) in [5.41, 5.74) is 1.24. The molecule has 0 bridgehead atoms. The van der Waals surface area contributed by atoms with Gasteiger partial charge in [0.25, 0.3) is 0 Å². The molecule has 0 unspecified atom stereocenters. The van der Waals surface area contributed by atoms with Gasteiger partial charge in [-0.25, -0.2) is 0 Å². The van der Waals surface area contributed by atoms with E-state index in [4.69, 9.17) is 10.2 Å². The molecular formula is C19H23NO6S. The number of carboxylic acids is 2. The number of aliphatic carboxylic acids is 2. The fourth-order valence-electron chi connectivity index (χ4n) is 1.98. The van der Waals surface area contributed by atoms with E-state index >= 15 is 0 Å². The number of hydrogen-bond acceptors (Lipinski definition) is 6. The number of benzene rings is 2. The van der Waals surface area contributed by atoms with E-state index in [9.17, 15) is 19.8 Å². The minimum absolute atomic E-state index is 0.0879. The normalized spacial score (nSPS) is 10.2. The highest BCUT2D eigenvalue weighted by molar-refractivity contribution is 7.99. The van der Waals surface area contributed by atoms with Crippen LogP contribution in [0.2, 0.25) is 0 Å². The molecule has 0 radical (unpaired) electrons. The lowest BCUT2D eigenvalue weighted by molar-refractivity contribution is -0.143. The van der Waals surface area contributed by atoms with Crippen molar-refractivity contribution >= 4 is 23.7 Å². The number of aromatic hydroxyl groups is 2. The van der Waals surface area contributed by atoms with E-state index in [0.29, 0.717) is 0 Å². The molecule has 8 heteroatoms. The van der Waals surface area contributed by atoms with Crippen molar-refractivity contribution in [3.05, 3.63) is 48.0 Å². The number of hydrogen-bond donors (Lipinski definition) is 4. The van der Waals surface area contributed by atoms with E-state index in [1.54, 1.807) is 23.9 Å². The van der Waals surface area contributed by atoms with E-state index in [2.05, 4.69) is 17.0 Å². The van der Waals surface area contributed by atoms with E-state index < -0.39 is 11.9 Å². The molecule has 4 N–H and O–H groups in total. The molecule has 0 aliphatic carbocycles. The number of nitrogens with zero attached hydrogens (tertiary/aromatic N) is 1. The SMILES string of the molecule is CN(C)Cc1ccccc1Sc1ccc(O)c(O)c1.O=C(O)CCC(=O)O. The summed E-state index contributed by atoms with van der Waals surface area (Å²) in [5.74, 6) is -2.33. The van der Waals surface area contributed by atoms with Crippen LogP contribution in [-0.2, 0) is 16.1 Å². The van der Waals surface area contributed by atoms with Gasteiger partial charge in [-0.15, -0.1) is 0 Å². The summed E-state index contributed by atoms with van der Waals surface area (Å²) in [7, 11) is 4.07. The molecule has 0 spiro atoms. The van der Waals surface area contributed by atoms with Crippen LogP contribution in [0.25, 0.3) is 0 Å². The number of phenolic OH excluding ortho intramolecular Hbond substituents is 2. The van der Waals surface area contributed by atoms with Gasteiger partial charge in [0.15, 0.2) is 11.5 Å². The fourth-order valence-corrected chi connectivity index (χ4v) is 2.95. The van der Waals surface area contributed by atoms with Gasteiger partial charge in [0, 0.05) is 16.3 Å². The Balaban J connectivity index is 0.000000387. The van der Waals surface area contributed by atoms with Gasteiger partial charge in [-0.1, -0.05) is 30.0 Å². The Kier molecular flexibility index (Phi) is 9.18. The number of carboxylic acid groups (broad SMARTS) is 2. The molecule has 7 nitrogen and oxygen atoms in total. The van der Waals surface area contributed by atoms with Crippen LogP contribution in [0.4, 0.5) is 0 Å². The van der Waals surface area contributed by atoms with Crippen molar-refractivity contribution < 1.29 is 30.0 Å². The summed E-state index contributed by atoms with van der Waals surface area (Å²) in [5, 5.41) is 34.6. The first-order chi connectivity index (χ1) is 12.7. The molecule has 2 rings (SSSR count). The first-order valence-electron chi connectivity index (χ1n) is 8.05. The van der Waals surface area contributed by atoms with Crippen molar-refractivity contribution in [2.45, 2.75) is 29.2 Å².